The highest BCUT2D eigenvalue weighted by molar-refractivity contribution is 5.26. The van der Waals surface area contributed by atoms with Crippen LogP contribution >= 0.6 is 0 Å². The van der Waals surface area contributed by atoms with Crippen molar-refractivity contribution < 1.29 is 9.84 Å². The first-order chi connectivity index (χ1) is 5.37. The van der Waals surface area contributed by atoms with Crippen molar-refractivity contribution in [1.29, 1.82) is 0 Å². The lowest BCUT2D eigenvalue weighted by Gasteiger charge is -2.06. The van der Waals surface area contributed by atoms with Crippen LogP contribution in [-0.4, -0.2) is 18.3 Å². The molecule has 1 aromatic carbocycles. The number of epoxide rings is 1. The second-order valence-corrected chi connectivity index (χ2v) is 2.81. The van der Waals surface area contributed by atoms with E-state index < -0.39 is 0 Å². The molecule has 0 saturated carbocycles. The fraction of sp³-hybridized carbons (Fsp3) is 0.333. The molecule has 1 heterocycles. The van der Waals surface area contributed by atoms with Crippen molar-refractivity contribution in [2.75, 3.05) is 13.2 Å². The van der Waals surface area contributed by atoms with Crippen LogP contribution in [0.3, 0.4) is 0 Å². The van der Waals surface area contributed by atoms with Crippen LogP contribution in [0.15, 0.2) is 30.3 Å². The molecule has 1 saturated heterocycles. The van der Waals surface area contributed by atoms with Crippen molar-refractivity contribution in [2.24, 2.45) is 0 Å². The summed E-state index contributed by atoms with van der Waals surface area (Å²) < 4.78 is 5.18. The Morgan fingerprint density at radius 2 is 2.00 bits per heavy atom. The number of hydrogen-bond donors (Lipinski definition) is 1. The number of aliphatic hydroxyl groups is 1. The van der Waals surface area contributed by atoms with Crippen molar-refractivity contribution in [3.63, 3.8) is 0 Å². The lowest BCUT2D eigenvalue weighted by atomic mass is 10.0. The summed E-state index contributed by atoms with van der Waals surface area (Å²) in [7, 11) is 0. The summed E-state index contributed by atoms with van der Waals surface area (Å²) in [6, 6.07) is 9.81. The van der Waals surface area contributed by atoms with E-state index in [0.717, 1.165) is 5.56 Å². The molecule has 58 valence electrons. The lowest BCUT2D eigenvalue weighted by Crippen LogP contribution is -2.13. The fourth-order valence-corrected chi connectivity index (χ4v) is 1.18. The lowest BCUT2D eigenvalue weighted by molar-refractivity contribution is 0.173. The Kier molecular flexibility index (Phi) is 1.44. The predicted octanol–water partition coefficient (Wildman–Crippen LogP) is 0.904. The normalized spacial score (nSPS) is 28.5. The predicted molar refractivity (Wildman–Crippen MR) is 41.2 cm³/mol. The van der Waals surface area contributed by atoms with Crippen LogP contribution in [0, 0.1) is 0 Å². The summed E-state index contributed by atoms with van der Waals surface area (Å²) in [5.41, 5.74) is 0.712. The van der Waals surface area contributed by atoms with Crippen LogP contribution < -0.4 is 0 Å². The highest BCUT2D eigenvalue weighted by atomic mass is 16.6. The zero-order valence-electron chi connectivity index (χ0n) is 6.16. The first-order valence-corrected chi connectivity index (χ1v) is 3.68. The molecule has 2 nitrogen and oxygen atoms in total. The molecule has 11 heavy (non-hydrogen) atoms. The second kappa shape index (κ2) is 2.32. The van der Waals surface area contributed by atoms with E-state index in [4.69, 9.17) is 9.84 Å². The van der Waals surface area contributed by atoms with Crippen molar-refractivity contribution in [2.45, 2.75) is 5.60 Å². The maximum Gasteiger partial charge on any atom is 0.139 e. The summed E-state index contributed by atoms with van der Waals surface area (Å²) in [6.07, 6.45) is 0. The Morgan fingerprint density at radius 3 is 2.45 bits per heavy atom. The molecule has 2 heteroatoms. The van der Waals surface area contributed by atoms with Crippen LogP contribution in [-0.2, 0) is 10.3 Å². The van der Waals surface area contributed by atoms with Gasteiger partial charge in [-0.25, -0.2) is 0 Å². The van der Waals surface area contributed by atoms with Crippen LogP contribution in [0.1, 0.15) is 5.56 Å². The van der Waals surface area contributed by atoms with E-state index in [0.29, 0.717) is 6.61 Å². The molecule has 0 aromatic heterocycles. The van der Waals surface area contributed by atoms with Crippen LogP contribution in [0.4, 0.5) is 0 Å². The van der Waals surface area contributed by atoms with E-state index in [1.165, 1.54) is 0 Å². The first-order valence-electron chi connectivity index (χ1n) is 3.68. The first kappa shape index (κ1) is 6.83. The van der Waals surface area contributed by atoms with Gasteiger partial charge in [0.1, 0.15) is 5.60 Å². The van der Waals surface area contributed by atoms with Crippen molar-refractivity contribution in [3.05, 3.63) is 35.9 Å². The summed E-state index contributed by atoms with van der Waals surface area (Å²) in [6.45, 7) is 0.727. The Hall–Kier alpha value is -0.860. The largest absolute Gasteiger partial charge is 0.393 e. The molecule has 0 amide bonds. The fourth-order valence-electron chi connectivity index (χ4n) is 1.18. The number of benzene rings is 1. The number of ether oxygens (including phenoxy) is 1. The Balaban J connectivity index is 2.30. The molecule has 1 atom stereocenters. The molecule has 0 bridgehead atoms. The minimum absolute atomic E-state index is 0.0804. The van der Waals surface area contributed by atoms with Gasteiger partial charge in [0.05, 0.1) is 13.2 Å². The summed E-state index contributed by atoms with van der Waals surface area (Å²) in [5.74, 6) is 0. The smallest absolute Gasteiger partial charge is 0.139 e. The average Bonchev–Trinajstić information content (AvgIpc) is 2.86. The van der Waals surface area contributed by atoms with E-state index in [9.17, 15) is 0 Å². The highest BCUT2D eigenvalue weighted by Gasteiger charge is 2.45. The zero-order chi connectivity index (χ0) is 7.73. The van der Waals surface area contributed by atoms with Gasteiger partial charge in [-0.1, -0.05) is 30.3 Å². The molecule has 1 aliphatic heterocycles. The van der Waals surface area contributed by atoms with Crippen molar-refractivity contribution >= 4 is 0 Å². The van der Waals surface area contributed by atoms with Gasteiger partial charge in [-0.05, 0) is 5.56 Å². The van der Waals surface area contributed by atoms with Crippen LogP contribution in [0.2, 0.25) is 0 Å². The quantitative estimate of drug-likeness (QED) is 0.635. The minimum Gasteiger partial charge on any atom is -0.393 e. The van der Waals surface area contributed by atoms with Gasteiger partial charge in [-0.15, -0.1) is 0 Å². The maximum atomic E-state index is 8.98. The third-order valence-corrected chi connectivity index (χ3v) is 2.05. The van der Waals surface area contributed by atoms with E-state index in [-0.39, 0.29) is 12.2 Å². The molecule has 1 fully saturated rings. The monoisotopic (exact) mass is 150 g/mol. The van der Waals surface area contributed by atoms with Gasteiger partial charge in [0, 0.05) is 0 Å². The van der Waals surface area contributed by atoms with Gasteiger partial charge in [0.2, 0.25) is 0 Å². The van der Waals surface area contributed by atoms with Gasteiger partial charge in [0.15, 0.2) is 0 Å². The zero-order valence-corrected chi connectivity index (χ0v) is 6.16. The maximum absolute atomic E-state index is 8.98. The van der Waals surface area contributed by atoms with E-state index in [1.807, 2.05) is 30.3 Å². The molecule has 0 aliphatic carbocycles. The number of hydrogen-bond acceptors (Lipinski definition) is 2. The van der Waals surface area contributed by atoms with Gasteiger partial charge in [-0.2, -0.15) is 0 Å². The summed E-state index contributed by atoms with van der Waals surface area (Å²) in [5, 5.41) is 8.98. The van der Waals surface area contributed by atoms with Crippen molar-refractivity contribution in [1.82, 2.24) is 0 Å². The third kappa shape index (κ3) is 1.04. The molecule has 0 radical (unpaired) electrons. The van der Waals surface area contributed by atoms with Gasteiger partial charge in [0.25, 0.3) is 0 Å². The minimum atomic E-state index is -0.360. The SMILES string of the molecule is OC[C@@]1(c2ccccc2)CO1. The third-order valence-electron chi connectivity index (χ3n) is 2.05. The number of aliphatic hydroxyl groups excluding tert-OH is 1. The molecule has 1 aliphatic rings. The van der Waals surface area contributed by atoms with Crippen LogP contribution in [0.5, 0.6) is 0 Å². The second-order valence-electron chi connectivity index (χ2n) is 2.81. The standard InChI is InChI=1S/C9H10O2/c10-6-9(7-11-9)8-4-2-1-3-5-8/h1-5,10H,6-7H2/t9-/m0/s1. The van der Waals surface area contributed by atoms with Gasteiger partial charge >= 0.3 is 0 Å². The summed E-state index contributed by atoms with van der Waals surface area (Å²) >= 11 is 0. The average molecular weight is 150 g/mol. The molecule has 1 aromatic rings. The molecular weight excluding hydrogens is 140 g/mol. The van der Waals surface area contributed by atoms with Gasteiger partial charge < -0.3 is 9.84 Å². The van der Waals surface area contributed by atoms with Crippen LogP contribution in [0.25, 0.3) is 0 Å². The highest BCUT2D eigenvalue weighted by Crippen LogP contribution is 2.37. The molecule has 1 N–H and O–H groups in total. The van der Waals surface area contributed by atoms with Crippen molar-refractivity contribution in [3.8, 4) is 0 Å². The molecule has 0 unspecified atom stereocenters. The number of rotatable bonds is 2. The Morgan fingerprint density at radius 1 is 1.36 bits per heavy atom. The Bertz CT molecular complexity index is 239. The Labute approximate surface area is 65.4 Å². The molecule has 0 spiro atoms. The topological polar surface area (TPSA) is 32.8 Å². The molecule has 2 rings (SSSR count). The van der Waals surface area contributed by atoms with E-state index in [1.54, 1.807) is 0 Å². The van der Waals surface area contributed by atoms with E-state index in [2.05, 4.69) is 0 Å². The molecular formula is C9H10O2. The van der Waals surface area contributed by atoms with Gasteiger partial charge in [-0.3, -0.25) is 0 Å². The summed E-state index contributed by atoms with van der Waals surface area (Å²) in [4.78, 5) is 0. The van der Waals surface area contributed by atoms with E-state index >= 15 is 0 Å².